The third-order valence-electron chi connectivity index (χ3n) is 4.00. The number of hydrogen-bond donors (Lipinski definition) is 2. The van der Waals surface area contributed by atoms with Gasteiger partial charge in [-0.15, -0.1) is 0 Å². The molecule has 1 heterocycles. The standard InChI is InChI=1S/C21H20ClN3O2/c1-27-20-8-3-2-5-15(20)9-10-24-19-11-16(13-23-14-19)21(26)25-18-7-4-6-17(22)12-18/h2-8,11-14,24H,9-10H2,1H3,(H,25,26). The first-order chi connectivity index (χ1) is 13.2. The Bertz CT molecular complexity index is 931. The molecule has 5 nitrogen and oxygen atoms in total. The molecule has 0 radical (unpaired) electrons. The van der Waals surface area contributed by atoms with Crippen LogP contribution in [0, 0.1) is 0 Å². The van der Waals surface area contributed by atoms with Crippen molar-refractivity contribution in [3.8, 4) is 5.75 Å². The summed E-state index contributed by atoms with van der Waals surface area (Å²) in [6, 6.07) is 16.7. The first kappa shape index (κ1) is 18.7. The summed E-state index contributed by atoms with van der Waals surface area (Å²) in [6.45, 7) is 0.696. The van der Waals surface area contributed by atoms with Crippen LogP contribution in [0.25, 0.3) is 0 Å². The number of anilines is 2. The predicted octanol–water partition coefficient (Wildman–Crippen LogP) is 4.65. The summed E-state index contributed by atoms with van der Waals surface area (Å²) in [5, 5.41) is 6.68. The van der Waals surface area contributed by atoms with Crippen LogP contribution in [0.15, 0.2) is 67.0 Å². The highest BCUT2D eigenvalue weighted by atomic mass is 35.5. The maximum absolute atomic E-state index is 12.4. The van der Waals surface area contributed by atoms with Crippen molar-refractivity contribution in [2.75, 3.05) is 24.3 Å². The number of aromatic nitrogens is 1. The van der Waals surface area contributed by atoms with Crippen molar-refractivity contribution in [3.05, 3.63) is 83.1 Å². The SMILES string of the molecule is COc1ccccc1CCNc1cncc(C(=O)Nc2cccc(Cl)c2)c1. The van der Waals surface area contributed by atoms with Crippen LogP contribution < -0.4 is 15.4 Å². The van der Waals surface area contributed by atoms with E-state index in [2.05, 4.69) is 15.6 Å². The van der Waals surface area contributed by atoms with Crippen molar-refractivity contribution >= 4 is 28.9 Å². The molecular formula is C21H20ClN3O2. The third kappa shape index (κ3) is 5.21. The summed E-state index contributed by atoms with van der Waals surface area (Å²) < 4.78 is 5.36. The van der Waals surface area contributed by atoms with Gasteiger partial charge >= 0.3 is 0 Å². The van der Waals surface area contributed by atoms with Gasteiger partial charge in [0.05, 0.1) is 18.4 Å². The van der Waals surface area contributed by atoms with Crippen molar-refractivity contribution in [3.63, 3.8) is 0 Å². The van der Waals surface area contributed by atoms with Crippen molar-refractivity contribution in [2.24, 2.45) is 0 Å². The van der Waals surface area contributed by atoms with Gasteiger partial charge in [-0.3, -0.25) is 9.78 Å². The van der Waals surface area contributed by atoms with Crippen molar-refractivity contribution in [1.29, 1.82) is 0 Å². The van der Waals surface area contributed by atoms with Gasteiger partial charge in [-0.25, -0.2) is 0 Å². The summed E-state index contributed by atoms with van der Waals surface area (Å²) in [5.41, 5.74) is 3.01. The molecule has 0 aliphatic rings. The lowest BCUT2D eigenvalue weighted by molar-refractivity contribution is 0.102. The number of halogens is 1. The van der Waals surface area contributed by atoms with E-state index < -0.39 is 0 Å². The van der Waals surface area contributed by atoms with E-state index in [0.717, 1.165) is 23.4 Å². The number of pyridine rings is 1. The monoisotopic (exact) mass is 381 g/mol. The Morgan fingerprint density at radius 1 is 1.07 bits per heavy atom. The fraction of sp³-hybridized carbons (Fsp3) is 0.143. The largest absolute Gasteiger partial charge is 0.496 e. The average molecular weight is 382 g/mol. The van der Waals surface area contributed by atoms with Crippen LogP contribution in [0.3, 0.4) is 0 Å². The molecular weight excluding hydrogens is 362 g/mol. The van der Waals surface area contributed by atoms with E-state index in [0.29, 0.717) is 22.8 Å². The Hall–Kier alpha value is -3.05. The van der Waals surface area contributed by atoms with E-state index in [4.69, 9.17) is 16.3 Å². The second kappa shape index (κ2) is 9.05. The van der Waals surface area contributed by atoms with Gasteiger partial charge in [0.1, 0.15) is 5.75 Å². The van der Waals surface area contributed by atoms with Gasteiger partial charge in [-0.2, -0.15) is 0 Å². The summed E-state index contributed by atoms with van der Waals surface area (Å²) in [7, 11) is 1.66. The Morgan fingerprint density at radius 3 is 2.74 bits per heavy atom. The highest BCUT2D eigenvalue weighted by Crippen LogP contribution is 2.19. The molecule has 138 valence electrons. The zero-order valence-corrected chi connectivity index (χ0v) is 15.7. The van der Waals surface area contributed by atoms with E-state index in [1.807, 2.05) is 24.3 Å². The lowest BCUT2D eigenvalue weighted by Crippen LogP contribution is -2.13. The molecule has 2 aromatic carbocycles. The summed E-state index contributed by atoms with van der Waals surface area (Å²) in [4.78, 5) is 16.6. The van der Waals surface area contributed by atoms with Crippen LogP contribution in [0.2, 0.25) is 5.02 Å². The number of ether oxygens (including phenoxy) is 1. The number of methoxy groups -OCH3 is 1. The Balaban J connectivity index is 1.60. The van der Waals surface area contributed by atoms with Gasteiger partial charge in [0, 0.05) is 29.6 Å². The quantitative estimate of drug-likeness (QED) is 0.625. The van der Waals surface area contributed by atoms with Gasteiger partial charge in [0.2, 0.25) is 0 Å². The minimum absolute atomic E-state index is 0.238. The summed E-state index contributed by atoms with van der Waals surface area (Å²) in [6.07, 6.45) is 4.02. The maximum atomic E-state index is 12.4. The van der Waals surface area contributed by atoms with Crippen LogP contribution in [0.1, 0.15) is 15.9 Å². The first-order valence-corrected chi connectivity index (χ1v) is 8.91. The number of carbonyl (C=O) groups is 1. The van der Waals surface area contributed by atoms with E-state index in [1.54, 1.807) is 43.6 Å². The molecule has 0 saturated carbocycles. The van der Waals surface area contributed by atoms with Crippen LogP contribution in [0.4, 0.5) is 11.4 Å². The highest BCUT2D eigenvalue weighted by molar-refractivity contribution is 6.30. The number of hydrogen-bond acceptors (Lipinski definition) is 4. The first-order valence-electron chi connectivity index (χ1n) is 8.53. The lowest BCUT2D eigenvalue weighted by atomic mass is 10.1. The highest BCUT2D eigenvalue weighted by Gasteiger charge is 2.08. The molecule has 0 saturated heterocycles. The van der Waals surface area contributed by atoms with Crippen LogP contribution in [0.5, 0.6) is 5.75 Å². The molecule has 3 aromatic rings. The van der Waals surface area contributed by atoms with Gasteiger partial charge < -0.3 is 15.4 Å². The number of rotatable bonds is 7. The number of para-hydroxylation sites is 1. The Morgan fingerprint density at radius 2 is 1.93 bits per heavy atom. The minimum atomic E-state index is -0.238. The molecule has 6 heteroatoms. The molecule has 0 spiro atoms. The third-order valence-corrected chi connectivity index (χ3v) is 4.23. The zero-order valence-electron chi connectivity index (χ0n) is 14.9. The molecule has 0 atom stereocenters. The fourth-order valence-electron chi connectivity index (χ4n) is 2.68. The summed E-state index contributed by atoms with van der Waals surface area (Å²) >= 11 is 5.95. The smallest absolute Gasteiger partial charge is 0.257 e. The zero-order chi connectivity index (χ0) is 19.1. The maximum Gasteiger partial charge on any atom is 0.257 e. The fourth-order valence-corrected chi connectivity index (χ4v) is 2.87. The van der Waals surface area contributed by atoms with E-state index in [1.165, 1.54) is 6.20 Å². The molecule has 2 N–H and O–H groups in total. The number of carbonyl (C=O) groups excluding carboxylic acids is 1. The molecule has 0 aliphatic heterocycles. The number of benzene rings is 2. The van der Waals surface area contributed by atoms with E-state index in [-0.39, 0.29) is 5.91 Å². The molecule has 1 aromatic heterocycles. The number of nitrogens with zero attached hydrogens (tertiary/aromatic N) is 1. The van der Waals surface area contributed by atoms with Gasteiger partial charge in [-0.1, -0.05) is 35.9 Å². The second-order valence-electron chi connectivity index (χ2n) is 5.92. The Kier molecular flexibility index (Phi) is 6.28. The van der Waals surface area contributed by atoms with Crippen molar-refractivity contribution in [1.82, 2.24) is 4.98 Å². The normalized spacial score (nSPS) is 10.3. The average Bonchev–Trinajstić information content (AvgIpc) is 2.68. The summed E-state index contributed by atoms with van der Waals surface area (Å²) in [5.74, 6) is 0.630. The second-order valence-corrected chi connectivity index (χ2v) is 6.35. The van der Waals surface area contributed by atoms with Gasteiger partial charge in [-0.05, 0) is 42.3 Å². The molecule has 27 heavy (non-hydrogen) atoms. The minimum Gasteiger partial charge on any atom is -0.496 e. The molecule has 0 bridgehead atoms. The molecule has 1 amide bonds. The number of amides is 1. The van der Waals surface area contributed by atoms with Crippen LogP contribution in [-0.2, 0) is 6.42 Å². The van der Waals surface area contributed by atoms with Crippen molar-refractivity contribution in [2.45, 2.75) is 6.42 Å². The lowest BCUT2D eigenvalue weighted by Gasteiger charge is -2.11. The molecule has 0 unspecified atom stereocenters. The van der Waals surface area contributed by atoms with Crippen molar-refractivity contribution < 1.29 is 9.53 Å². The van der Waals surface area contributed by atoms with Gasteiger partial charge in [0.15, 0.2) is 0 Å². The topological polar surface area (TPSA) is 63.2 Å². The van der Waals surface area contributed by atoms with Crippen LogP contribution in [-0.4, -0.2) is 24.5 Å². The van der Waals surface area contributed by atoms with E-state index >= 15 is 0 Å². The molecule has 0 aliphatic carbocycles. The Labute approximate surface area is 163 Å². The molecule has 0 fully saturated rings. The number of nitrogens with one attached hydrogen (secondary N) is 2. The molecule has 3 rings (SSSR count). The predicted molar refractivity (Wildman–Crippen MR) is 109 cm³/mol. The van der Waals surface area contributed by atoms with E-state index in [9.17, 15) is 4.79 Å². The van der Waals surface area contributed by atoms with Gasteiger partial charge in [0.25, 0.3) is 5.91 Å². The van der Waals surface area contributed by atoms with Crippen LogP contribution >= 0.6 is 11.6 Å².